The van der Waals surface area contributed by atoms with Crippen LogP contribution in [0.25, 0.3) is 0 Å². The first-order chi connectivity index (χ1) is 5.59. The molecule has 3 heteroatoms. The maximum atomic E-state index is 5.75. The maximum absolute atomic E-state index is 5.75. The molecular formula is C9H18N2S. The van der Waals surface area contributed by atoms with Crippen molar-refractivity contribution in [3.8, 4) is 0 Å². The van der Waals surface area contributed by atoms with E-state index in [0.717, 1.165) is 12.4 Å². The Labute approximate surface area is 79.0 Å². The van der Waals surface area contributed by atoms with Gasteiger partial charge in [0.1, 0.15) is 0 Å². The zero-order chi connectivity index (χ0) is 9.19. The van der Waals surface area contributed by atoms with Crippen LogP contribution >= 0.6 is 11.8 Å². The third-order valence-corrected chi connectivity index (χ3v) is 3.79. The summed E-state index contributed by atoms with van der Waals surface area (Å²) in [6.07, 6.45) is 4.78. The summed E-state index contributed by atoms with van der Waals surface area (Å²) >= 11 is 1.93. The molecule has 1 saturated carbocycles. The summed E-state index contributed by atoms with van der Waals surface area (Å²) in [5.41, 5.74) is 5.75. The summed E-state index contributed by atoms with van der Waals surface area (Å²) in [7, 11) is 0. The maximum Gasteiger partial charge on any atom is 0.0963 e. The SMILES string of the molecule is CSC1(CN=C(N)C(C)C)CC1. The Balaban J connectivity index is 2.38. The number of rotatable bonds is 4. The molecule has 12 heavy (non-hydrogen) atoms. The highest BCUT2D eigenvalue weighted by Crippen LogP contribution is 2.47. The van der Waals surface area contributed by atoms with Gasteiger partial charge < -0.3 is 5.73 Å². The van der Waals surface area contributed by atoms with Gasteiger partial charge in [-0.05, 0) is 19.1 Å². The van der Waals surface area contributed by atoms with Gasteiger partial charge in [0, 0.05) is 10.7 Å². The highest BCUT2D eigenvalue weighted by atomic mass is 32.2. The zero-order valence-electron chi connectivity index (χ0n) is 8.13. The van der Waals surface area contributed by atoms with Gasteiger partial charge in [0.2, 0.25) is 0 Å². The van der Waals surface area contributed by atoms with E-state index < -0.39 is 0 Å². The van der Waals surface area contributed by atoms with E-state index in [2.05, 4.69) is 25.1 Å². The predicted molar refractivity (Wildman–Crippen MR) is 56.8 cm³/mol. The van der Waals surface area contributed by atoms with Crippen LogP contribution in [0.4, 0.5) is 0 Å². The molecule has 2 N–H and O–H groups in total. The van der Waals surface area contributed by atoms with Crippen LogP contribution in [0.5, 0.6) is 0 Å². The van der Waals surface area contributed by atoms with Crippen molar-refractivity contribution in [1.29, 1.82) is 0 Å². The van der Waals surface area contributed by atoms with Gasteiger partial charge in [-0.15, -0.1) is 0 Å². The molecule has 0 atom stereocenters. The Hall–Kier alpha value is -0.180. The highest BCUT2D eigenvalue weighted by molar-refractivity contribution is 8.00. The fraction of sp³-hybridized carbons (Fsp3) is 0.889. The minimum Gasteiger partial charge on any atom is -0.387 e. The molecule has 0 aromatic rings. The molecule has 0 amide bonds. The van der Waals surface area contributed by atoms with Gasteiger partial charge in [-0.25, -0.2) is 0 Å². The normalized spacial score (nSPS) is 21.5. The quantitative estimate of drug-likeness (QED) is 0.538. The fourth-order valence-corrected chi connectivity index (χ4v) is 1.69. The zero-order valence-corrected chi connectivity index (χ0v) is 8.95. The molecule has 1 aliphatic carbocycles. The molecule has 1 aliphatic rings. The van der Waals surface area contributed by atoms with E-state index in [4.69, 9.17) is 5.73 Å². The number of amidine groups is 1. The summed E-state index contributed by atoms with van der Waals surface area (Å²) in [6, 6.07) is 0. The second-order valence-electron chi connectivity index (χ2n) is 3.78. The van der Waals surface area contributed by atoms with Gasteiger partial charge in [-0.2, -0.15) is 11.8 Å². The van der Waals surface area contributed by atoms with Crippen molar-refractivity contribution < 1.29 is 0 Å². The van der Waals surface area contributed by atoms with E-state index >= 15 is 0 Å². The lowest BCUT2D eigenvalue weighted by Gasteiger charge is -2.09. The van der Waals surface area contributed by atoms with Crippen LogP contribution in [0.2, 0.25) is 0 Å². The number of hydrogen-bond donors (Lipinski definition) is 1. The largest absolute Gasteiger partial charge is 0.387 e. The molecule has 0 aliphatic heterocycles. The second kappa shape index (κ2) is 3.69. The van der Waals surface area contributed by atoms with Crippen molar-refractivity contribution in [2.75, 3.05) is 12.8 Å². The molecule has 0 aromatic carbocycles. The number of thioether (sulfide) groups is 1. The monoisotopic (exact) mass is 186 g/mol. The summed E-state index contributed by atoms with van der Waals surface area (Å²) < 4.78 is 0.458. The molecule has 0 bridgehead atoms. The molecule has 0 saturated heterocycles. The van der Waals surface area contributed by atoms with Crippen LogP contribution in [0, 0.1) is 5.92 Å². The van der Waals surface area contributed by atoms with E-state index in [1.54, 1.807) is 0 Å². The van der Waals surface area contributed by atoms with Crippen molar-refractivity contribution in [2.24, 2.45) is 16.6 Å². The highest BCUT2D eigenvalue weighted by Gasteiger charge is 2.41. The Morgan fingerprint density at radius 3 is 2.50 bits per heavy atom. The van der Waals surface area contributed by atoms with Crippen LogP contribution in [-0.2, 0) is 0 Å². The Bertz CT molecular complexity index is 183. The van der Waals surface area contributed by atoms with Crippen molar-refractivity contribution in [1.82, 2.24) is 0 Å². The molecule has 1 fully saturated rings. The van der Waals surface area contributed by atoms with Crippen LogP contribution < -0.4 is 5.73 Å². The third-order valence-electron chi connectivity index (χ3n) is 2.38. The first-order valence-corrected chi connectivity index (χ1v) is 5.67. The van der Waals surface area contributed by atoms with Crippen molar-refractivity contribution in [3.63, 3.8) is 0 Å². The smallest absolute Gasteiger partial charge is 0.0963 e. The fourth-order valence-electron chi connectivity index (χ4n) is 0.984. The topological polar surface area (TPSA) is 38.4 Å². The van der Waals surface area contributed by atoms with E-state index in [-0.39, 0.29) is 0 Å². The van der Waals surface area contributed by atoms with Gasteiger partial charge in [-0.3, -0.25) is 4.99 Å². The third kappa shape index (κ3) is 2.41. The lowest BCUT2D eigenvalue weighted by atomic mass is 10.2. The lowest BCUT2D eigenvalue weighted by molar-refractivity contribution is 0.833. The summed E-state index contributed by atoms with van der Waals surface area (Å²) in [6.45, 7) is 5.08. The predicted octanol–water partition coefficient (Wildman–Crippen LogP) is 1.90. The van der Waals surface area contributed by atoms with Crippen molar-refractivity contribution >= 4 is 17.6 Å². The minimum atomic E-state index is 0.391. The first kappa shape index (κ1) is 9.90. The van der Waals surface area contributed by atoms with Crippen molar-refractivity contribution in [2.45, 2.75) is 31.4 Å². The van der Waals surface area contributed by atoms with Crippen molar-refractivity contribution in [3.05, 3.63) is 0 Å². The van der Waals surface area contributed by atoms with Crippen LogP contribution in [-0.4, -0.2) is 23.4 Å². The molecule has 0 unspecified atom stereocenters. The summed E-state index contributed by atoms with van der Waals surface area (Å²) in [5.74, 6) is 1.19. The second-order valence-corrected chi connectivity index (χ2v) is 5.06. The number of nitrogens with two attached hydrogens (primary N) is 1. The van der Waals surface area contributed by atoms with Gasteiger partial charge in [0.15, 0.2) is 0 Å². The Kier molecular flexibility index (Phi) is 3.04. The van der Waals surface area contributed by atoms with Gasteiger partial charge in [-0.1, -0.05) is 13.8 Å². The van der Waals surface area contributed by atoms with E-state index in [0.29, 0.717) is 10.7 Å². The van der Waals surface area contributed by atoms with E-state index in [1.165, 1.54) is 12.8 Å². The van der Waals surface area contributed by atoms with E-state index in [9.17, 15) is 0 Å². The molecule has 1 rings (SSSR count). The molecule has 0 aromatic heterocycles. The summed E-state index contributed by atoms with van der Waals surface area (Å²) in [5, 5.41) is 0. The number of aliphatic imine (C=N–C) groups is 1. The van der Waals surface area contributed by atoms with Gasteiger partial charge in [0.25, 0.3) is 0 Å². The lowest BCUT2D eigenvalue weighted by Crippen LogP contribution is -2.21. The average Bonchev–Trinajstić information content (AvgIpc) is 2.81. The average molecular weight is 186 g/mol. The van der Waals surface area contributed by atoms with Crippen LogP contribution in [0.3, 0.4) is 0 Å². The molecular weight excluding hydrogens is 168 g/mol. The Morgan fingerprint density at radius 2 is 2.17 bits per heavy atom. The molecule has 0 heterocycles. The molecule has 0 radical (unpaired) electrons. The molecule has 70 valence electrons. The van der Waals surface area contributed by atoms with E-state index in [1.807, 2.05) is 11.8 Å². The Morgan fingerprint density at radius 1 is 1.58 bits per heavy atom. The molecule has 0 spiro atoms. The number of hydrogen-bond acceptors (Lipinski definition) is 2. The number of nitrogens with zero attached hydrogens (tertiary/aromatic N) is 1. The first-order valence-electron chi connectivity index (χ1n) is 4.44. The van der Waals surface area contributed by atoms with Crippen LogP contribution in [0.1, 0.15) is 26.7 Å². The molecule has 2 nitrogen and oxygen atoms in total. The van der Waals surface area contributed by atoms with Crippen LogP contribution in [0.15, 0.2) is 4.99 Å². The standard InChI is InChI=1S/C9H18N2S/c1-7(2)8(10)11-6-9(12-3)4-5-9/h7H,4-6H2,1-3H3,(H2,10,11). The minimum absolute atomic E-state index is 0.391. The summed E-state index contributed by atoms with van der Waals surface area (Å²) in [4.78, 5) is 4.40. The van der Waals surface area contributed by atoms with Gasteiger partial charge in [0.05, 0.1) is 12.4 Å². The van der Waals surface area contributed by atoms with Gasteiger partial charge >= 0.3 is 0 Å².